The topological polar surface area (TPSA) is 38.9 Å². The summed E-state index contributed by atoms with van der Waals surface area (Å²) in [5, 5.41) is 1.02. The van der Waals surface area contributed by atoms with Gasteiger partial charge < -0.3 is 5.73 Å². The third-order valence-electron chi connectivity index (χ3n) is 1.21. The van der Waals surface area contributed by atoms with Crippen molar-refractivity contribution < 1.29 is 0 Å². The van der Waals surface area contributed by atoms with E-state index in [1.54, 1.807) is 12.1 Å². The second-order valence-electron chi connectivity index (χ2n) is 2.14. The van der Waals surface area contributed by atoms with Crippen LogP contribution in [0.15, 0.2) is 12.1 Å². The molecule has 0 aliphatic carbocycles. The maximum Gasteiger partial charge on any atom is 0.130 e. The van der Waals surface area contributed by atoms with Crippen LogP contribution in [0, 0.1) is 0 Å². The zero-order chi connectivity index (χ0) is 8.27. The van der Waals surface area contributed by atoms with E-state index in [1.165, 1.54) is 0 Å². The van der Waals surface area contributed by atoms with E-state index < -0.39 is 0 Å². The van der Waals surface area contributed by atoms with Crippen LogP contribution in [0.25, 0.3) is 0 Å². The van der Waals surface area contributed by atoms with Gasteiger partial charge in [0, 0.05) is 17.1 Å². The lowest BCUT2D eigenvalue weighted by Gasteiger charge is -1.98. The van der Waals surface area contributed by atoms with Crippen LogP contribution in [0.3, 0.4) is 0 Å². The largest absolute Gasteiger partial charge is 0.330 e. The number of rotatable bonds is 2. The molecule has 0 fully saturated rings. The molecule has 60 valence electrons. The van der Waals surface area contributed by atoms with Gasteiger partial charge in [-0.2, -0.15) is 0 Å². The van der Waals surface area contributed by atoms with Crippen LogP contribution in [0.2, 0.25) is 10.2 Å². The number of hydrogen-bond donors (Lipinski definition) is 1. The zero-order valence-electron chi connectivity index (χ0n) is 5.85. The number of halogens is 2. The van der Waals surface area contributed by atoms with Gasteiger partial charge in [-0.05, 0) is 18.7 Å². The van der Waals surface area contributed by atoms with Crippen LogP contribution in [-0.4, -0.2) is 11.5 Å². The lowest BCUT2D eigenvalue weighted by Crippen LogP contribution is -2.04. The molecule has 2 nitrogen and oxygen atoms in total. The standard InChI is InChI=1S/C7H8Cl2N2/c8-5-3-6(1-2-10)11-7(9)4-5/h3-4H,1-2,10H2. The van der Waals surface area contributed by atoms with Gasteiger partial charge in [0.1, 0.15) is 5.15 Å². The Morgan fingerprint density at radius 1 is 1.36 bits per heavy atom. The van der Waals surface area contributed by atoms with Gasteiger partial charge in [0.05, 0.1) is 0 Å². The molecule has 0 aliphatic rings. The lowest BCUT2D eigenvalue weighted by molar-refractivity contribution is 0.923. The lowest BCUT2D eigenvalue weighted by atomic mass is 10.3. The van der Waals surface area contributed by atoms with E-state index in [0.29, 0.717) is 23.1 Å². The van der Waals surface area contributed by atoms with Crippen molar-refractivity contribution in [3.05, 3.63) is 28.0 Å². The van der Waals surface area contributed by atoms with Crippen LogP contribution >= 0.6 is 23.2 Å². The number of aromatic nitrogens is 1. The first-order valence-electron chi connectivity index (χ1n) is 3.24. The fourth-order valence-electron chi connectivity index (χ4n) is 0.792. The molecule has 1 heterocycles. The molecule has 2 N–H and O–H groups in total. The van der Waals surface area contributed by atoms with Crippen molar-refractivity contribution in [3.8, 4) is 0 Å². The Kier molecular flexibility index (Phi) is 3.12. The molecule has 0 radical (unpaired) electrons. The van der Waals surface area contributed by atoms with Crippen molar-refractivity contribution in [2.75, 3.05) is 6.54 Å². The molecule has 0 saturated carbocycles. The van der Waals surface area contributed by atoms with E-state index in [9.17, 15) is 0 Å². The molecule has 0 saturated heterocycles. The highest BCUT2D eigenvalue weighted by Gasteiger charge is 1.97. The predicted octanol–water partition coefficient (Wildman–Crippen LogP) is 1.89. The summed E-state index contributed by atoms with van der Waals surface area (Å²) in [6.07, 6.45) is 0.709. The van der Waals surface area contributed by atoms with Gasteiger partial charge in [0.2, 0.25) is 0 Å². The molecule has 1 rings (SSSR count). The summed E-state index contributed by atoms with van der Waals surface area (Å²) < 4.78 is 0. The molecule has 0 amide bonds. The Hall–Kier alpha value is -0.310. The number of nitrogens with two attached hydrogens (primary N) is 1. The molecule has 11 heavy (non-hydrogen) atoms. The molecular formula is C7H8Cl2N2. The normalized spacial score (nSPS) is 10.1. The van der Waals surface area contributed by atoms with E-state index in [2.05, 4.69) is 4.98 Å². The van der Waals surface area contributed by atoms with Crippen molar-refractivity contribution >= 4 is 23.2 Å². The first-order valence-corrected chi connectivity index (χ1v) is 4.00. The Labute approximate surface area is 75.3 Å². The molecular weight excluding hydrogens is 183 g/mol. The molecule has 0 spiro atoms. The van der Waals surface area contributed by atoms with Crippen molar-refractivity contribution in [1.29, 1.82) is 0 Å². The fraction of sp³-hybridized carbons (Fsp3) is 0.286. The van der Waals surface area contributed by atoms with E-state index >= 15 is 0 Å². The Bertz CT molecular complexity index is 230. The molecule has 0 bridgehead atoms. The summed E-state index contributed by atoms with van der Waals surface area (Å²) >= 11 is 11.4. The second-order valence-corrected chi connectivity index (χ2v) is 2.96. The van der Waals surface area contributed by atoms with Crippen LogP contribution in [0.5, 0.6) is 0 Å². The van der Waals surface area contributed by atoms with Crippen molar-refractivity contribution in [3.63, 3.8) is 0 Å². The van der Waals surface area contributed by atoms with E-state index in [-0.39, 0.29) is 0 Å². The minimum atomic E-state index is 0.418. The molecule has 0 atom stereocenters. The Morgan fingerprint density at radius 2 is 2.09 bits per heavy atom. The van der Waals surface area contributed by atoms with Crippen LogP contribution in [0.4, 0.5) is 0 Å². The smallest absolute Gasteiger partial charge is 0.130 e. The monoisotopic (exact) mass is 190 g/mol. The number of nitrogens with zero attached hydrogens (tertiary/aromatic N) is 1. The first kappa shape index (κ1) is 8.78. The van der Waals surface area contributed by atoms with E-state index in [1.807, 2.05) is 0 Å². The number of hydrogen-bond acceptors (Lipinski definition) is 2. The van der Waals surface area contributed by atoms with Crippen LogP contribution in [-0.2, 0) is 6.42 Å². The molecule has 0 aliphatic heterocycles. The van der Waals surface area contributed by atoms with Crippen LogP contribution in [0.1, 0.15) is 5.69 Å². The second kappa shape index (κ2) is 3.90. The summed E-state index contributed by atoms with van der Waals surface area (Å²) in [5.74, 6) is 0. The molecule has 1 aromatic heterocycles. The zero-order valence-corrected chi connectivity index (χ0v) is 7.36. The maximum absolute atomic E-state index is 5.72. The Balaban J connectivity index is 2.89. The quantitative estimate of drug-likeness (QED) is 0.725. The number of pyridine rings is 1. The van der Waals surface area contributed by atoms with Gasteiger partial charge in [-0.25, -0.2) is 4.98 Å². The molecule has 0 unspecified atom stereocenters. The molecule has 1 aromatic rings. The third-order valence-corrected chi connectivity index (χ3v) is 1.62. The van der Waals surface area contributed by atoms with Gasteiger partial charge in [0.15, 0.2) is 0 Å². The Morgan fingerprint density at radius 3 is 2.64 bits per heavy atom. The van der Waals surface area contributed by atoms with Gasteiger partial charge in [-0.1, -0.05) is 23.2 Å². The summed E-state index contributed by atoms with van der Waals surface area (Å²) in [6.45, 7) is 0.559. The van der Waals surface area contributed by atoms with E-state index in [4.69, 9.17) is 28.9 Å². The van der Waals surface area contributed by atoms with Crippen molar-refractivity contribution in [1.82, 2.24) is 4.98 Å². The summed E-state index contributed by atoms with van der Waals surface area (Å²) in [5.41, 5.74) is 6.17. The van der Waals surface area contributed by atoms with Gasteiger partial charge >= 0.3 is 0 Å². The van der Waals surface area contributed by atoms with E-state index in [0.717, 1.165) is 5.69 Å². The highest BCUT2D eigenvalue weighted by Crippen LogP contribution is 2.15. The SMILES string of the molecule is NCCc1cc(Cl)cc(Cl)n1. The molecule has 4 heteroatoms. The maximum atomic E-state index is 5.72. The fourth-order valence-corrected chi connectivity index (χ4v) is 1.30. The highest BCUT2D eigenvalue weighted by atomic mass is 35.5. The molecule has 0 aromatic carbocycles. The highest BCUT2D eigenvalue weighted by molar-refractivity contribution is 6.33. The minimum Gasteiger partial charge on any atom is -0.330 e. The first-order chi connectivity index (χ1) is 5.22. The third kappa shape index (κ3) is 2.66. The van der Waals surface area contributed by atoms with Gasteiger partial charge in [-0.3, -0.25) is 0 Å². The van der Waals surface area contributed by atoms with Crippen molar-refractivity contribution in [2.24, 2.45) is 5.73 Å². The van der Waals surface area contributed by atoms with Crippen molar-refractivity contribution in [2.45, 2.75) is 6.42 Å². The summed E-state index contributed by atoms with van der Waals surface area (Å²) in [6, 6.07) is 3.36. The summed E-state index contributed by atoms with van der Waals surface area (Å²) in [4.78, 5) is 4.02. The minimum absolute atomic E-state index is 0.418. The average Bonchev–Trinajstić information content (AvgIpc) is 1.85. The van der Waals surface area contributed by atoms with Gasteiger partial charge in [0.25, 0.3) is 0 Å². The predicted molar refractivity (Wildman–Crippen MR) is 47.0 cm³/mol. The summed E-state index contributed by atoms with van der Waals surface area (Å²) in [7, 11) is 0. The van der Waals surface area contributed by atoms with Gasteiger partial charge in [-0.15, -0.1) is 0 Å². The van der Waals surface area contributed by atoms with Crippen LogP contribution < -0.4 is 5.73 Å². The average molecular weight is 191 g/mol.